The van der Waals surface area contributed by atoms with E-state index in [1.807, 2.05) is 46.0 Å². The molecule has 0 saturated carbocycles. The van der Waals surface area contributed by atoms with Crippen LogP contribution in [0.25, 0.3) is 11.0 Å². The lowest BCUT2D eigenvalue weighted by molar-refractivity contribution is -0.147. The molecule has 4 aromatic rings. The molecule has 1 aliphatic heterocycles. The van der Waals surface area contributed by atoms with Gasteiger partial charge in [0.2, 0.25) is 0 Å². The van der Waals surface area contributed by atoms with Crippen molar-refractivity contribution >= 4 is 17.0 Å². The summed E-state index contributed by atoms with van der Waals surface area (Å²) in [5.74, 6) is -0.229. The molecule has 0 unspecified atom stereocenters. The number of hydrogen-bond acceptors (Lipinski definition) is 5. The molecule has 1 N–H and O–H groups in total. The third-order valence-corrected chi connectivity index (χ3v) is 8.34. The summed E-state index contributed by atoms with van der Waals surface area (Å²) in [6.07, 6.45) is 1.06. The molecule has 2 heterocycles. The quantitative estimate of drug-likeness (QED) is 0.318. The van der Waals surface area contributed by atoms with Crippen LogP contribution in [0.1, 0.15) is 66.5 Å². The van der Waals surface area contributed by atoms with Crippen LogP contribution in [0.3, 0.4) is 0 Å². The Morgan fingerprint density at radius 2 is 1.92 bits per heavy atom. The van der Waals surface area contributed by atoms with Gasteiger partial charge >= 0.3 is 5.97 Å². The number of hydrogen-bond donors (Lipinski definition) is 1. The maximum Gasteiger partial charge on any atom is 0.310 e. The summed E-state index contributed by atoms with van der Waals surface area (Å²) < 4.78 is 8.08. The van der Waals surface area contributed by atoms with E-state index in [9.17, 15) is 9.90 Å². The smallest absolute Gasteiger partial charge is 0.310 e. The standard InChI is InChI=1S/C32H38N4O3/c1-7-25-19-36(17-23-10-8-9-11-28(23)39-25)18-24-16-22(13-12-20(24)2)29(32(4,5)31(37)38)26-14-15-27-30(21(26)3)33-34-35(27)6/h8-16,25,29H,7,17-19H2,1-6H3,(H,37,38)/t25-,29+/m1/s1. The zero-order valence-electron chi connectivity index (χ0n) is 23.7. The number of para-hydroxylation sites is 1. The topological polar surface area (TPSA) is 80.5 Å². The fourth-order valence-electron chi connectivity index (χ4n) is 5.84. The molecule has 0 saturated heterocycles. The number of rotatable bonds is 7. The minimum Gasteiger partial charge on any atom is -0.489 e. The lowest BCUT2D eigenvalue weighted by Gasteiger charge is -2.33. The number of aryl methyl sites for hydroxylation is 3. The third-order valence-electron chi connectivity index (χ3n) is 8.34. The van der Waals surface area contributed by atoms with E-state index in [0.717, 1.165) is 59.5 Å². The van der Waals surface area contributed by atoms with Crippen molar-refractivity contribution in [2.45, 2.75) is 66.2 Å². The third kappa shape index (κ3) is 5.03. The molecule has 0 amide bonds. The number of fused-ring (bicyclic) bond motifs is 2. The first kappa shape index (κ1) is 26.9. The predicted molar refractivity (Wildman–Crippen MR) is 153 cm³/mol. The van der Waals surface area contributed by atoms with Gasteiger partial charge in [0.1, 0.15) is 17.4 Å². The first-order valence-electron chi connectivity index (χ1n) is 13.7. The van der Waals surface area contributed by atoms with Gasteiger partial charge in [0, 0.05) is 38.2 Å². The van der Waals surface area contributed by atoms with E-state index in [0.29, 0.717) is 0 Å². The molecule has 39 heavy (non-hydrogen) atoms. The Bertz CT molecular complexity index is 1520. The molecule has 0 bridgehead atoms. The van der Waals surface area contributed by atoms with E-state index in [1.165, 1.54) is 16.7 Å². The highest BCUT2D eigenvalue weighted by molar-refractivity contribution is 5.81. The molecule has 5 rings (SSSR count). The summed E-state index contributed by atoms with van der Waals surface area (Å²) in [6, 6.07) is 18.8. The number of aliphatic carboxylic acids is 1. The zero-order valence-corrected chi connectivity index (χ0v) is 23.7. The normalized spacial score (nSPS) is 16.9. The molecule has 0 radical (unpaired) electrons. The Hall–Kier alpha value is -3.71. The number of benzene rings is 3. The molecule has 7 heteroatoms. The SMILES string of the molecule is CC[C@@H]1CN(Cc2cc([C@@H](c3ccc4c(nnn4C)c3C)C(C)(C)C(=O)O)ccc2C)Cc2ccccc2O1. The second-order valence-electron chi connectivity index (χ2n) is 11.4. The highest BCUT2D eigenvalue weighted by Crippen LogP contribution is 2.44. The van der Waals surface area contributed by atoms with Crippen molar-refractivity contribution in [2.24, 2.45) is 12.5 Å². The van der Waals surface area contributed by atoms with E-state index >= 15 is 0 Å². The molecular formula is C32H38N4O3. The summed E-state index contributed by atoms with van der Waals surface area (Å²) in [6.45, 7) is 12.3. The van der Waals surface area contributed by atoms with Crippen LogP contribution in [0.5, 0.6) is 5.75 Å². The van der Waals surface area contributed by atoms with E-state index in [2.05, 4.69) is 65.5 Å². The molecule has 0 fully saturated rings. The van der Waals surface area contributed by atoms with E-state index < -0.39 is 11.4 Å². The van der Waals surface area contributed by atoms with Gasteiger partial charge in [-0.1, -0.05) is 54.6 Å². The zero-order chi connectivity index (χ0) is 27.9. The lowest BCUT2D eigenvalue weighted by atomic mass is 9.69. The summed E-state index contributed by atoms with van der Waals surface area (Å²) in [7, 11) is 1.87. The monoisotopic (exact) mass is 526 g/mol. The highest BCUT2D eigenvalue weighted by Gasteiger charge is 2.40. The van der Waals surface area contributed by atoms with Crippen LogP contribution in [0, 0.1) is 19.3 Å². The van der Waals surface area contributed by atoms with Crippen molar-refractivity contribution in [1.82, 2.24) is 19.9 Å². The van der Waals surface area contributed by atoms with E-state index in [1.54, 1.807) is 4.68 Å². The van der Waals surface area contributed by atoms with Crippen LogP contribution in [-0.4, -0.2) is 43.6 Å². The van der Waals surface area contributed by atoms with E-state index in [4.69, 9.17) is 4.74 Å². The van der Waals surface area contributed by atoms with Gasteiger partial charge in [-0.15, -0.1) is 5.10 Å². The lowest BCUT2D eigenvalue weighted by Crippen LogP contribution is -2.33. The summed E-state index contributed by atoms with van der Waals surface area (Å²) in [5.41, 5.74) is 7.21. The predicted octanol–water partition coefficient (Wildman–Crippen LogP) is 6.00. The fraction of sp³-hybridized carbons (Fsp3) is 0.406. The molecule has 7 nitrogen and oxygen atoms in total. The molecular weight excluding hydrogens is 488 g/mol. The van der Waals surface area contributed by atoms with Crippen LogP contribution in [0.15, 0.2) is 54.6 Å². The minimum absolute atomic E-state index is 0.122. The fourth-order valence-corrected chi connectivity index (χ4v) is 5.84. The van der Waals surface area contributed by atoms with Crippen molar-refractivity contribution in [2.75, 3.05) is 6.54 Å². The van der Waals surface area contributed by atoms with Crippen LogP contribution in [0.4, 0.5) is 0 Å². The van der Waals surface area contributed by atoms with Gasteiger partial charge in [0.25, 0.3) is 0 Å². The molecule has 204 valence electrons. The first-order chi connectivity index (χ1) is 18.6. The molecule has 1 aliphatic rings. The summed E-state index contributed by atoms with van der Waals surface area (Å²) in [5, 5.41) is 18.9. The number of carbonyl (C=O) groups is 1. The number of nitrogens with zero attached hydrogens (tertiary/aromatic N) is 4. The van der Waals surface area contributed by atoms with Crippen molar-refractivity contribution in [1.29, 1.82) is 0 Å². The number of ether oxygens (including phenoxy) is 1. The largest absolute Gasteiger partial charge is 0.489 e. The molecule has 3 aromatic carbocycles. The Balaban J connectivity index is 1.56. The first-order valence-corrected chi connectivity index (χ1v) is 13.7. The summed E-state index contributed by atoms with van der Waals surface area (Å²) in [4.78, 5) is 15.1. The van der Waals surface area contributed by atoms with E-state index in [-0.39, 0.29) is 12.0 Å². The van der Waals surface area contributed by atoms with Gasteiger partial charge in [-0.25, -0.2) is 4.68 Å². The Morgan fingerprint density at radius 1 is 1.15 bits per heavy atom. The van der Waals surface area contributed by atoms with Crippen molar-refractivity contribution in [3.05, 3.63) is 88.0 Å². The second kappa shape index (κ2) is 10.5. The van der Waals surface area contributed by atoms with Crippen molar-refractivity contribution in [3.63, 3.8) is 0 Å². The molecule has 2 atom stereocenters. The average Bonchev–Trinajstić information content (AvgIpc) is 3.18. The number of carboxylic acid groups (broad SMARTS) is 1. The Morgan fingerprint density at radius 3 is 2.67 bits per heavy atom. The maximum atomic E-state index is 12.6. The molecule has 0 spiro atoms. The van der Waals surface area contributed by atoms with Gasteiger partial charge in [-0.2, -0.15) is 0 Å². The summed E-state index contributed by atoms with van der Waals surface area (Å²) >= 11 is 0. The van der Waals surface area contributed by atoms with Crippen molar-refractivity contribution in [3.8, 4) is 5.75 Å². The highest BCUT2D eigenvalue weighted by atomic mass is 16.5. The van der Waals surface area contributed by atoms with Crippen LogP contribution < -0.4 is 4.74 Å². The number of carboxylic acids is 1. The van der Waals surface area contributed by atoms with Gasteiger partial charge in [0.15, 0.2) is 0 Å². The van der Waals surface area contributed by atoms with Crippen molar-refractivity contribution < 1.29 is 14.6 Å². The van der Waals surface area contributed by atoms with Gasteiger partial charge in [-0.05, 0) is 74.1 Å². The minimum atomic E-state index is -1.05. The van der Waals surface area contributed by atoms with Gasteiger partial charge in [-0.3, -0.25) is 9.69 Å². The van der Waals surface area contributed by atoms with Crippen LogP contribution in [0.2, 0.25) is 0 Å². The van der Waals surface area contributed by atoms with Gasteiger partial charge in [0.05, 0.1) is 10.9 Å². The molecule has 0 aliphatic carbocycles. The van der Waals surface area contributed by atoms with Gasteiger partial charge < -0.3 is 9.84 Å². The van der Waals surface area contributed by atoms with Crippen LogP contribution >= 0.6 is 0 Å². The maximum absolute atomic E-state index is 12.6. The molecule has 1 aromatic heterocycles. The average molecular weight is 527 g/mol. The Labute approximate surface area is 230 Å². The Kier molecular flexibility index (Phi) is 7.21. The van der Waals surface area contributed by atoms with Crippen LogP contribution in [-0.2, 0) is 24.9 Å². The second-order valence-corrected chi connectivity index (χ2v) is 11.4. The number of aromatic nitrogens is 3.